The molecule has 0 fully saturated rings. The summed E-state index contributed by atoms with van der Waals surface area (Å²) in [4.78, 5) is 0. The number of ether oxygens (including phenoxy) is 2. The molecule has 0 heterocycles. The van der Waals surface area contributed by atoms with Gasteiger partial charge in [0.1, 0.15) is 0 Å². The summed E-state index contributed by atoms with van der Waals surface area (Å²) in [5.41, 5.74) is 0. The number of quaternary nitrogens is 1. The van der Waals surface area contributed by atoms with Gasteiger partial charge < -0.3 is 9.47 Å². The van der Waals surface area contributed by atoms with E-state index in [0.717, 1.165) is 17.7 Å². The lowest BCUT2D eigenvalue weighted by Crippen LogP contribution is -2.55. The first-order valence-corrected chi connectivity index (χ1v) is 21.0. The molecule has 3 nitrogen and oxygen atoms in total. The van der Waals surface area contributed by atoms with Gasteiger partial charge in [0, 0.05) is 13.8 Å². The van der Waals surface area contributed by atoms with Crippen LogP contribution >= 0.6 is 0 Å². The molecule has 0 aliphatic carbocycles. The van der Waals surface area contributed by atoms with Crippen molar-refractivity contribution in [2.45, 2.75) is 246 Å². The Morgan fingerprint density at radius 3 is 0.689 bits per heavy atom. The molecule has 0 N–H and O–H groups in total. The third-order valence-electron chi connectivity index (χ3n) is 10.6. The molecule has 3 heteroatoms. The zero-order chi connectivity index (χ0) is 33.1. The van der Waals surface area contributed by atoms with Gasteiger partial charge >= 0.3 is 0 Å². The number of nitrogens with zero attached hydrogens (tertiary/aromatic N) is 1. The van der Waals surface area contributed by atoms with E-state index in [0.29, 0.717) is 0 Å². The Kier molecular flexibility index (Phi) is 35.1. The van der Waals surface area contributed by atoms with Crippen LogP contribution in [0.5, 0.6) is 0 Å². The Morgan fingerprint density at radius 2 is 0.489 bits per heavy atom. The molecule has 0 radical (unpaired) electrons. The van der Waals surface area contributed by atoms with Gasteiger partial charge in [-0.05, 0) is 12.8 Å². The van der Waals surface area contributed by atoms with E-state index in [1.54, 1.807) is 0 Å². The average molecular weight is 639 g/mol. The average Bonchev–Trinajstić information content (AvgIpc) is 3.03. The predicted octanol–water partition coefficient (Wildman–Crippen LogP) is 14.3. The van der Waals surface area contributed by atoms with Crippen molar-refractivity contribution in [1.29, 1.82) is 0 Å². The highest BCUT2D eigenvalue weighted by Gasteiger charge is 2.31. The molecular weight excluding hydrogens is 550 g/mol. The molecule has 0 aliphatic heterocycles. The largest absolute Gasteiger partial charge is 0.329 e. The molecule has 0 aliphatic rings. The van der Waals surface area contributed by atoms with E-state index < -0.39 is 0 Å². The van der Waals surface area contributed by atoms with E-state index in [1.807, 2.05) is 0 Å². The number of hydrogen-bond donors (Lipinski definition) is 0. The molecule has 0 aromatic carbocycles. The van der Waals surface area contributed by atoms with Gasteiger partial charge in [-0.2, -0.15) is 0 Å². The topological polar surface area (TPSA) is 18.5 Å². The molecule has 0 saturated heterocycles. The lowest BCUT2D eigenvalue weighted by Gasteiger charge is -2.40. The van der Waals surface area contributed by atoms with Crippen molar-refractivity contribution in [3.8, 4) is 0 Å². The smallest absolute Gasteiger partial charge is 0.191 e. The Balaban J connectivity index is 3.50. The molecule has 0 spiro atoms. The molecule has 0 rings (SSSR count). The molecule has 0 aromatic rings. The SMILES string of the molecule is CCCCCCCCCCCCCCCCCCOC(C)[N+](C)(C)C(C)OCCCCCCCCCCCCCCCCCC. The summed E-state index contributed by atoms with van der Waals surface area (Å²) in [7, 11) is 4.52. The quantitative estimate of drug-likeness (QED) is 0.0380. The highest BCUT2D eigenvalue weighted by Crippen LogP contribution is 2.18. The van der Waals surface area contributed by atoms with E-state index in [4.69, 9.17) is 9.47 Å². The van der Waals surface area contributed by atoms with Gasteiger partial charge in [-0.15, -0.1) is 0 Å². The zero-order valence-corrected chi connectivity index (χ0v) is 32.5. The first-order valence-electron chi connectivity index (χ1n) is 21.0. The predicted molar refractivity (Wildman–Crippen MR) is 202 cm³/mol. The summed E-state index contributed by atoms with van der Waals surface area (Å²) in [5.74, 6) is 0. The van der Waals surface area contributed by atoms with E-state index in [2.05, 4.69) is 41.8 Å². The van der Waals surface area contributed by atoms with E-state index in [-0.39, 0.29) is 12.5 Å². The van der Waals surface area contributed by atoms with Crippen molar-refractivity contribution in [2.75, 3.05) is 27.3 Å². The monoisotopic (exact) mass is 639 g/mol. The third kappa shape index (κ3) is 30.9. The van der Waals surface area contributed by atoms with Crippen LogP contribution in [0.25, 0.3) is 0 Å². The molecule has 45 heavy (non-hydrogen) atoms. The summed E-state index contributed by atoms with van der Waals surface area (Å²) < 4.78 is 13.3. The van der Waals surface area contributed by atoms with Crippen LogP contribution in [-0.4, -0.2) is 44.2 Å². The van der Waals surface area contributed by atoms with Crippen LogP contribution in [0.3, 0.4) is 0 Å². The Bertz CT molecular complexity index is 505. The maximum Gasteiger partial charge on any atom is 0.191 e. The summed E-state index contributed by atoms with van der Waals surface area (Å²) in [6, 6.07) is 0. The Labute approximate surface area is 286 Å². The maximum absolute atomic E-state index is 6.28. The van der Waals surface area contributed by atoms with E-state index >= 15 is 0 Å². The second-order valence-corrected chi connectivity index (χ2v) is 15.2. The molecule has 272 valence electrons. The van der Waals surface area contributed by atoms with Crippen LogP contribution in [0.4, 0.5) is 0 Å². The first-order chi connectivity index (χ1) is 22.0. The van der Waals surface area contributed by atoms with Crippen LogP contribution in [0, 0.1) is 0 Å². The van der Waals surface area contributed by atoms with E-state index in [9.17, 15) is 0 Å². The summed E-state index contributed by atoms with van der Waals surface area (Å²) >= 11 is 0. The Morgan fingerprint density at radius 1 is 0.311 bits per heavy atom. The molecular formula is C42H88NO2+. The van der Waals surface area contributed by atoms with Gasteiger partial charge in [-0.1, -0.05) is 206 Å². The van der Waals surface area contributed by atoms with Crippen molar-refractivity contribution in [3.05, 3.63) is 0 Å². The number of unbranched alkanes of at least 4 members (excludes halogenated alkanes) is 30. The van der Waals surface area contributed by atoms with Gasteiger partial charge in [0.25, 0.3) is 0 Å². The zero-order valence-electron chi connectivity index (χ0n) is 32.5. The van der Waals surface area contributed by atoms with Crippen LogP contribution < -0.4 is 0 Å². The first kappa shape index (κ1) is 44.9. The second-order valence-electron chi connectivity index (χ2n) is 15.2. The normalized spacial score (nSPS) is 13.5. The van der Waals surface area contributed by atoms with E-state index in [1.165, 1.54) is 205 Å². The summed E-state index contributed by atoms with van der Waals surface area (Å²) in [5, 5.41) is 0. The minimum atomic E-state index is 0.169. The summed E-state index contributed by atoms with van der Waals surface area (Å²) in [6.07, 6.45) is 45.5. The number of hydrogen-bond acceptors (Lipinski definition) is 2. The molecule has 0 aromatic heterocycles. The summed E-state index contributed by atoms with van der Waals surface area (Å²) in [6.45, 7) is 10.8. The van der Waals surface area contributed by atoms with Crippen LogP contribution in [-0.2, 0) is 9.47 Å². The van der Waals surface area contributed by atoms with Crippen LogP contribution in [0.15, 0.2) is 0 Å². The molecule has 0 amide bonds. The highest BCUT2D eigenvalue weighted by molar-refractivity contribution is 4.52. The minimum absolute atomic E-state index is 0.169. The molecule has 0 saturated carbocycles. The van der Waals surface area contributed by atoms with Crippen molar-refractivity contribution >= 4 is 0 Å². The maximum atomic E-state index is 6.28. The second kappa shape index (κ2) is 35.2. The van der Waals surface area contributed by atoms with Gasteiger partial charge in [0.2, 0.25) is 0 Å². The fraction of sp³-hybridized carbons (Fsp3) is 1.00. The lowest BCUT2D eigenvalue weighted by molar-refractivity contribution is -0.975. The minimum Gasteiger partial charge on any atom is -0.329 e. The Hall–Kier alpha value is -0.120. The number of rotatable bonds is 38. The molecule has 2 unspecified atom stereocenters. The van der Waals surface area contributed by atoms with Gasteiger partial charge in [0.15, 0.2) is 12.5 Å². The fourth-order valence-corrected chi connectivity index (χ4v) is 6.49. The fourth-order valence-electron chi connectivity index (χ4n) is 6.49. The van der Waals surface area contributed by atoms with Crippen molar-refractivity contribution < 1.29 is 14.0 Å². The standard InChI is InChI=1S/C42H88NO2/c1-7-9-11-13-15-17-19-21-23-25-27-29-31-33-35-37-39-44-41(3)43(5,6)42(4)45-40-38-36-34-32-30-28-26-24-22-20-18-16-14-12-10-8-2/h41-42H,7-40H2,1-6H3/q+1. The van der Waals surface area contributed by atoms with Crippen molar-refractivity contribution in [3.63, 3.8) is 0 Å². The van der Waals surface area contributed by atoms with Gasteiger partial charge in [-0.3, -0.25) is 4.48 Å². The van der Waals surface area contributed by atoms with Crippen LogP contribution in [0.1, 0.15) is 233 Å². The van der Waals surface area contributed by atoms with Gasteiger partial charge in [-0.25, -0.2) is 0 Å². The van der Waals surface area contributed by atoms with Crippen LogP contribution in [0.2, 0.25) is 0 Å². The van der Waals surface area contributed by atoms with Crippen molar-refractivity contribution in [1.82, 2.24) is 0 Å². The molecule has 2 atom stereocenters. The highest BCUT2D eigenvalue weighted by atomic mass is 16.5. The van der Waals surface area contributed by atoms with Crippen molar-refractivity contribution in [2.24, 2.45) is 0 Å². The molecule has 0 bridgehead atoms. The van der Waals surface area contributed by atoms with Gasteiger partial charge in [0.05, 0.1) is 27.3 Å². The third-order valence-corrected chi connectivity index (χ3v) is 10.6. The lowest BCUT2D eigenvalue weighted by atomic mass is 10.0.